The van der Waals surface area contributed by atoms with Crippen molar-refractivity contribution >= 4 is 12.0 Å². The monoisotopic (exact) mass is 354 g/mol. The molecule has 4 nitrogen and oxygen atoms in total. The first-order valence-corrected chi connectivity index (χ1v) is 8.47. The van der Waals surface area contributed by atoms with Crippen LogP contribution in [-0.4, -0.2) is 20.2 Å². The topological polar surface area (TPSA) is 44.8 Å². The van der Waals surface area contributed by atoms with Gasteiger partial charge >= 0.3 is 5.97 Å². The lowest BCUT2D eigenvalue weighted by molar-refractivity contribution is -0.128. The van der Waals surface area contributed by atoms with Gasteiger partial charge in [-0.05, 0) is 53.8 Å². The molecule has 2 rings (SSSR count). The van der Waals surface area contributed by atoms with Crippen molar-refractivity contribution in [3.05, 3.63) is 59.2 Å². The SMILES string of the molecule is COc1ccc(OC)c(/C=C/C(=O)Oc2ccc(C(C)(C)C)cc2C)c1. The van der Waals surface area contributed by atoms with E-state index >= 15 is 0 Å². The molecule has 2 aromatic rings. The van der Waals surface area contributed by atoms with Crippen molar-refractivity contribution in [2.24, 2.45) is 0 Å². The van der Waals surface area contributed by atoms with Crippen molar-refractivity contribution in [2.75, 3.05) is 14.2 Å². The highest BCUT2D eigenvalue weighted by Gasteiger charge is 2.15. The Morgan fingerprint density at radius 1 is 0.962 bits per heavy atom. The Balaban J connectivity index is 2.15. The lowest BCUT2D eigenvalue weighted by Crippen LogP contribution is -2.12. The molecule has 0 aliphatic carbocycles. The highest BCUT2D eigenvalue weighted by Crippen LogP contribution is 2.28. The van der Waals surface area contributed by atoms with Crippen LogP contribution >= 0.6 is 0 Å². The molecule has 0 saturated carbocycles. The molecule has 0 amide bonds. The molecule has 0 aliphatic rings. The zero-order chi connectivity index (χ0) is 19.3. The molecule has 0 atom stereocenters. The van der Waals surface area contributed by atoms with Crippen molar-refractivity contribution in [1.82, 2.24) is 0 Å². The molecule has 0 radical (unpaired) electrons. The second-order valence-corrected chi connectivity index (χ2v) is 7.09. The van der Waals surface area contributed by atoms with E-state index in [1.54, 1.807) is 38.5 Å². The quantitative estimate of drug-likeness (QED) is 0.434. The fourth-order valence-corrected chi connectivity index (χ4v) is 2.50. The molecule has 138 valence electrons. The van der Waals surface area contributed by atoms with Gasteiger partial charge in [0.25, 0.3) is 0 Å². The summed E-state index contributed by atoms with van der Waals surface area (Å²) in [4.78, 5) is 12.2. The zero-order valence-electron chi connectivity index (χ0n) is 16.3. The van der Waals surface area contributed by atoms with E-state index in [0.29, 0.717) is 17.2 Å². The first-order valence-electron chi connectivity index (χ1n) is 8.47. The molecule has 0 unspecified atom stereocenters. The average molecular weight is 354 g/mol. The molecular formula is C22H26O4. The third kappa shape index (κ3) is 4.88. The van der Waals surface area contributed by atoms with E-state index in [2.05, 4.69) is 26.8 Å². The summed E-state index contributed by atoms with van der Waals surface area (Å²) >= 11 is 0. The van der Waals surface area contributed by atoms with E-state index < -0.39 is 5.97 Å². The highest BCUT2D eigenvalue weighted by molar-refractivity contribution is 5.89. The first kappa shape index (κ1) is 19.6. The molecule has 0 fully saturated rings. The Morgan fingerprint density at radius 3 is 2.23 bits per heavy atom. The van der Waals surface area contributed by atoms with Gasteiger partial charge in [0.05, 0.1) is 14.2 Å². The van der Waals surface area contributed by atoms with E-state index in [1.165, 1.54) is 11.6 Å². The molecule has 0 spiro atoms. The summed E-state index contributed by atoms with van der Waals surface area (Å²) in [6.07, 6.45) is 3.04. The van der Waals surface area contributed by atoms with E-state index in [0.717, 1.165) is 11.1 Å². The minimum atomic E-state index is -0.443. The van der Waals surface area contributed by atoms with Gasteiger partial charge in [0.15, 0.2) is 0 Å². The first-order chi connectivity index (χ1) is 12.2. The van der Waals surface area contributed by atoms with Gasteiger partial charge < -0.3 is 14.2 Å². The number of aryl methyl sites for hydroxylation is 1. The van der Waals surface area contributed by atoms with Gasteiger partial charge in [-0.15, -0.1) is 0 Å². The maximum Gasteiger partial charge on any atom is 0.336 e. The molecule has 0 bridgehead atoms. The minimum absolute atomic E-state index is 0.0517. The van der Waals surface area contributed by atoms with E-state index in [1.807, 2.05) is 19.1 Å². The molecule has 0 saturated heterocycles. The van der Waals surface area contributed by atoms with Gasteiger partial charge in [-0.3, -0.25) is 0 Å². The van der Waals surface area contributed by atoms with E-state index in [9.17, 15) is 4.79 Å². The Bertz CT molecular complexity index is 813. The molecule has 2 aromatic carbocycles. The number of methoxy groups -OCH3 is 2. The van der Waals surface area contributed by atoms with Crippen LogP contribution in [0.5, 0.6) is 17.2 Å². The third-order valence-corrected chi connectivity index (χ3v) is 4.09. The van der Waals surface area contributed by atoms with Crippen LogP contribution in [0.4, 0.5) is 0 Å². The number of carbonyl (C=O) groups is 1. The lowest BCUT2D eigenvalue weighted by Gasteiger charge is -2.20. The second kappa shape index (κ2) is 8.09. The van der Waals surface area contributed by atoms with Crippen LogP contribution in [-0.2, 0) is 10.2 Å². The van der Waals surface area contributed by atoms with Crippen LogP contribution in [0.3, 0.4) is 0 Å². The molecule has 0 aromatic heterocycles. The lowest BCUT2D eigenvalue weighted by atomic mass is 9.86. The number of hydrogen-bond acceptors (Lipinski definition) is 4. The normalized spacial score (nSPS) is 11.5. The van der Waals surface area contributed by atoms with E-state index in [-0.39, 0.29) is 5.41 Å². The summed E-state index contributed by atoms with van der Waals surface area (Å²) in [7, 11) is 3.17. The van der Waals surface area contributed by atoms with Crippen molar-refractivity contribution in [3.8, 4) is 17.2 Å². The van der Waals surface area contributed by atoms with Crippen LogP contribution in [0.2, 0.25) is 0 Å². The summed E-state index contributed by atoms with van der Waals surface area (Å²) in [6, 6.07) is 11.3. The van der Waals surface area contributed by atoms with Gasteiger partial charge in [-0.2, -0.15) is 0 Å². The number of hydrogen-bond donors (Lipinski definition) is 0. The van der Waals surface area contributed by atoms with Crippen LogP contribution < -0.4 is 14.2 Å². The van der Waals surface area contributed by atoms with Gasteiger partial charge in [0.2, 0.25) is 0 Å². The minimum Gasteiger partial charge on any atom is -0.497 e. The van der Waals surface area contributed by atoms with Crippen LogP contribution in [0.1, 0.15) is 37.5 Å². The fraction of sp³-hybridized carbons (Fsp3) is 0.318. The van der Waals surface area contributed by atoms with Crippen LogP contribution in [0, 0.1) is 6.92 Å². The maximum absolute atomic E-state index is 12.2. The Hall–Kier alpha value is -2.75. The Kier molecular flexibility index (Phi) is 6.09. The highest BCUT2D eigenvalue weighted by atomic mass is 16.5. The number of benzene rings is 2. The molecule has 0 aliphatic heterocycles. The van der Waals surface area contributed by atoms with Crippen molar-refractivity contribution in [1.29, 1.82) is 0 Å². The zero-order valence-corrected chi connectivity index (χ0v) is 16.3. The molecular weight excluding hydrogens is 328 g/mol. The molecule has 26 heavy (non-hydrogen) atoms. The maximum atomic E-state index is 12.2. The summed E-state index contributed by atoms with van der Waals surface area (Å²) in [5, 5.41) is 0. The largest absolute Gasteiger partial charge is 0.497 e. The third-order valence-electron chi connectivity index (χ3n) is 4.09. The molecule has 4 heteroatoms. The molecule has 0 N–H and O–H groups in total. The summed E-state index contributed by atoms with van der Waals surface area (Å²) in [6.45, 7) is 8.39. The van der Waals surface area contributed by atoms with E-state index in [4.69, 9.17) is 14.2 Å². The van der Waals surface area contributed by atoms with Gasteiger partial charge in [-0.25, -0.2) is 4.79 Å². The predicted molar refractivity (Wildman–Crippen MR) is 104 cm³/mol. The second-order valence-electron chi connectivity index (χ2n) is 7.09. The Labute approximate surface area is 155 Å². The van der Waals surface area contributed by atoms with Gasteiger partial charge in [0, 0.05) is 11.6 Å². The number of ether oxygens (including phenoxy) is 3. The van der Waals surface area contributed by atoms with Crippen LogP contribution in [0.25, 0.3) is 6.08 Å². The smallest absolute Gasteiger partial charge is 0.336 e. The summed E-state index contributed by atoms with van der Waals surface area (Å²) in [5.74, 6) is 1.46. The summed E-state index contributed by atoms with van der Waals surface area (Å²) < 4.78 is 16.0. The number of rotatable bonds is 5. The van der Waals surface area contributed by atoms with Crippen molar-refractivity contribution in [2.45, 2.75) is 33.1 Å². The van der Waals surface area contributed by atoms with Crippen molar-refractivity contribution in [3.63, 3.8) is 0 Å². The summed E-state index contributed by atoms with van der Waals surface area (Å²) in [5.41, 5.74) is 2.92. The fourth-order valence-electron chi connectivity index (χ4n) is 2.50. The molecule has 0 heterocycles. The number of carbonyl (C=O) groups excluding carboxylic acids is 1. The number of esters is 1. The van der Waals surface area contributed by atoms with Gasteiger partial charge in [-0.1, -0.05) is 32.9 Å². The van der Waals surface area contributed by atoms with Gasteiger partial charge in [0.1, 0.15) is 17.2 Å². The van der Waals surface area contributed by atoms with Crippen molar-refractivity contribution < 1.29 is 19.0 Å². The average Bonchev–Trinajstić information content (AvgIpc) is 2.60. The standard InChI is InChI=1S/C22H26O4/c1-15-13-17(22(2,3)4)8-10-19(15)26-21(23)12-7-16-14-18(24-5)9-11-20(16)25-6/h7-14H,1-6H3/b12-7+. The Morgan fingerprint density at radius 2 is 1.65 bits per heavy atom. The van der Waals surface area contributed by atoms with Crippen LogP contribution in [0.15, 0.2) is 42.5 Å². The predicted octanol–water partition coefficient (Wildman–Crippen LogP) is 4.93.